The van der Waals surface area contributed by atoms with E-state index in [1.165, 1.54) is 24.1 Å². The normalized spacial score (nSPS) is 19.6. The smallest absolute Gasteiger partial charge is 0.0534 e. The number of aryl methyl sites for hydroxylation is 1. The van der Waals surface area contributed by atoms with Crippen molar-refractivity contribution in [3.8, 4) is 0 Å². The minimum Gasteiger partial charge on any atom is -0.308 e. The molecular formula is C16H22N4. The van der Waals surface area contributed by atoms with Crippen molar-refractivity contribution in [2.75, 3.05) is 13.1 Å². The largest absolute Gasteiger partial charge is 0.308 e. The zero-order valence-corrected chi connectivity index (χ0v) is 12.0. The summed E-state index contributed by atoms with van der Waals surface area (Å²) in [6.45, 7) is 4.29. The average molecular weight is 270 g/mol. The Hall–Kier alpha value is -1.65. The first-order valence-corrected chi connectivity index (χ1v) is 7.27. The summed E-state index contributed by atoms with van der Waals surface area (Å²) in [6.07, 6.45) is 5.24. The Morgan fingerprint density at radius 2 is 2.10 bits per heavy atom. The highest BCUT2D eigenvalue weighted by molar-refractivity contribution is 5.14. The third-order valence-corrected chi connectivity index (χ3v) is 3.87. The number of nitrogens with zero attached hydrogens (tertiary/aromatic N) is 3. The molecule has 3 rings (SSSR count). The van der Waals surface area contributed by atoms with Gasteiger partial charge in [0.1, 0.15) is 0 Å². The third kappa shape index (κ3) is 3.46. The maximum Gasteiger partial charge on any atom is 0.0534 e. The number of rotatable bonds is 5. The number of hydrogen-bond donors (Lipinski definition) is 1. The van der Waals surface area contributed by atoms with Gasteiger partial charge < -0.3 is 5.32 Å². The first-order valence-electron chi connectivity index (χ1n) is 7.27. The van der Waals surface area contributed by atoms with Crippen LogP contribution in [0.25, 0.3) is 0 Å². The molecular weight excluding hydrogens is 248 g/mol. The van der Waals surface area contributed by atoms with Crippen molar-refractivity contribution in [2.24, 2.45) is 7.05 Å². The van der Waals surface area contributed by atoms with E-state index in [0.29, 0.717) is 6.04 Å². The topological polar surface area (TPSA) is 33.1 Å². The number of likely N-dealkylation sites (tertiary alicyclic amines) is 1. The first kappa shape index (κ1) is 13.3. The van der Waals surface area contributed by atoms with Crippen molar-refractivity contribution < 1.29 is 0 Å². The molecule has 0 aliphatic carbocycles. The number of nitrogens with one attached hydrogen (secondary N) is 1. The van der Waals surface area contributed by atoms with Crippen molar-refractivity contribution in [2.45, 2.75) is 25.6 Å². The SMILES string of the molecule is Cn1cc(CNC2CCN(Cc3ccccc3)C2)cn1. The minimum absolute atomic E-state index is 0.596. The van der Waals surface area contributed by atoms with Gasteiger partial charge in [-0.05, 0) is 12.0 Å². The molecule has 1 aliphatic rings. The summed E-state index contributed by atoms with van der Waals surface area (Å²) >= 11 is 0. The Labute approximate surface area is 120 Å². The van der Waals surface area contributed by atoms with Crippen molar-refractivity contribution in [1.82, 2.24) is 20.0 Å². The minimum atomic E-state index is 0.596. The molecule has 1 unspecified atom stereocenters. The second kappa shape index (κ2) is 6.20. The highest BCUT2D eigenvalue weighted by Crippen LogP contribution is 2.13. The van der Waals surface area contributed by atoms with E-state index in [1.807, 2.05) is 17.9 Å². The summed E-state index contributed by atoms with van der Waals surface area (Å²) < 4.78 is 1.85. The summed E-state index contributed by atoms with van der Waals surface area (Å²) in [6, 6.07) is 11.3. The second-order valence-electron chi connectivity index (χ2n) is 5.61. The van der Waals surface area contributed by atoms with Crippen LogP contribution in [-0.2, 0) is 20.1 Å². The maximum atomic E-state index is 4.20. The molecule has 0 saturated carbocycles. The predicted octanol–water partition coefficient (Wildman–Crippen LogP) is 1.78. The molecule has 1 aliphatic heterocycles. The molecule has 1 N–H and O–H groups in total. The molecule has 0 spiro atoms. The Morgan fingerprint density at radius 1 is 1.25 bits per heavy atom. The first-order chi connectivity index (χ1) is 9.79. The van der Waals surface area contributed by atoms with Crippen LogP contribution in [0.15, 0.2) is 42.7 Å². The molecule has 2 aromatic rings. The van der Waals surface area contributed by atoms with Gasteiger partial charge in [-0.2, -0.15) is 5.10 Å². The van der Waals surface area contributed by atoms with E-state index in [-0.39, 0.29) is 0 Å². The summed E-state index contributed by atoms with van der Waals surface area (Å²) in [4.78, 5) is 2.52. The molecule has 1 saturated heterocycles. The molecule has 1 atom stereocenters. The van der Waals surface area contributed by atoms with Gasteiger partial charge in [0.2, 0.25) is 0 Å². The van der Waals surface area contributed by atoms with Gasteiger partial charge >= 0.3 is 0 Å². The zero-order valence-electron chi connectivity index (χ0n) is 12.0. The monoisotopic (exact) mass is 270 g/mol. The zero-order chi connectivity index (χ0) is 13.8. The van der Waals surface area contributed by atoms with E-state index in [4.69, 9.17) is 0 Å². The fourth-order valence-corrected chi connectivity index (χ4v) is 2.81. The van der Waals surface area contributed by atoms with Gasteiger partial charge in [-0.1, -0.05) is 30.3 Å². The van der Waals surface area contributed by atoms with Crippen LogP contribution in [0.1, 0.15) is 17.5 Å². The van der Waals surface area contributed by atoms with Crippen LogP contribution in [0.2, 0.25) is 0 Å². The molecule has 1 aromatic heterocycles. The van der Waals surface area contributed by atoms with Crippen LogP contribution < -0.4 is 5.32 Å². The summed E-state index contributed by atoms with van der Waals surface area (Å²) in [7, 11) is 1.96. The van der Waals surface area contributed by atoms with E-state index < -0.39 is 0 Å². The van der Waals surface area contributed by atoms with Gasteiger partial charge in [-0.25, -0.2) is 0 Å². The average Bonchev–Trinajstić information content (AvgIpc) is 3.07. The second-order valence-corrected chi connectivity index (χ2v) is 5.61. The van der Waals surface area contributed by atoms with E-state index in [1.54, 1.807) is 0 Å². The molecule has 2 heterocycles. The predicted molar refractivity (Wildman–Crippen MR) is 80.2 cm³/mol. The molecule has 0 amide bonds. The van der Waals surface area contributed by atoms with Gasteiger partial charge in [0.25, 0.3) is 0 Å². The van der Waals surface area contributed by atoms with Gasteiger partial charge in [-0.15, -0.1) is 0 Å². The van der Waals surface area contributed by atoms with Crippen LogP contribution in [-0.4, -0.2) is 33.8 Å². The van der Waals surface area contributed by atoms with Gasteiger partial charge in [0, 0.05) is 51.0 Å². The van der Waals surface area contributed by atoms with Gasteiger partial charge in [-0.3, -0.25) is 9.58 Å². The summed E-state index contributed by atoms with van der Waals surface area (Å²) in [5, 5.41) is 7.83. The Morgan fingerprint density at radius 3 is 2.85 bits per heavy atom. The van der Waals surface area contributed by atoms with E-state index in [0.717, 1.165) is 19.6 Å². The van der Waals surface area contributed by atoms with Crippen LogP contribution >= 0.6 is 0 Å². The van der Waals surface area contributed by atoms with Crippen LogP contribution in [0, 0.1) is 0 Å². The highest BCUT2D eigenvalue weighted by Gasteiger charge is 2.21. The lowest BCUT2D eigenvalue weighted by Gasteiger charge is -2.16. The van der Waals surface area contributed by atoms with Crippen LogP contribution in [0.3, 0.4) is 0 Å². The fourth-order valence-electron chi connectivity index (χ4n) is 2.81. The van der Waals surface area contributed by atoms with Gasteiger partial charge in [0.05, 0.1) is 6.20 Å². The van der Waals surface area contributed by atoms with E-state index >= 15 is 0 Å². The lowest BCUT2D eigenvalue weighted by atomic mass is 10.2. The molecule has 106 valence electrons. The van der Waals surface area contributed by atoms with Crippen molar-refractivity contribution >= 4 is 0 Å². The lowest BCUT2D eigenvalue weighted by molar-refractivity contribution is 0.320. The number of benzene rings is 1. The molecule has 4 heteroatoms. The summed E-state index contributed by atoms with van der Waals surface area (Å²) in [5.74, 6) is 0. The maximum absolute atomic E-state index is 4.20. The fraction of sp³-hybridized carbons (Fsp3) is 0.438. The number of aromatic nitrogens is 2. The molecule has 1 fully saturated rings. The van der Waals surface area contributed by atoms with E-state index in [2.05, 4.69) is 51.8 Å². The van der Waals surface area contributed by atoms with Gasteiger partial charge in [0.15, 0.2) is 0 Å². The Bertz CT molecular complexity index is 534. The van der Waals surface area contributed by atoms with Crippen molar-refractivity contribution in [3.05, 3.63) is 53.9 Å². The molecule has 0 radical (unpaired) electrons. The van der Waals surface area contributed by atoms with Crippen molar-refractivity contribution in [1.29, 1.82) is 0 Å². The Kier molecular flexibility index (Phi) is 4.14. The quantitative estimate of drug-likeness (QED) is 0.899. The third-order valence-electron chi connectivity index (χ3n) is 3.87. The lowest BCUT2D eigenvalue weighted by Crippen LogP contribution is -2.31. The van der Waals surface area contributed by atoms with Crippen LogP contribution in [0.4, 0.5) is 0 Å². The molecule has 1 aromatic carbocycles. The van der Waals surface area contributed by atoms with Crippen molar-refractivity contribution in [3.63, 3.8) is 0 Å². The summed E-state index contributed by atoms with van der Waals surface area (Å²) in [5.41, 5.74) is 2.66. The van der Waals surface area contributed by atoms with Crippen LogP contribution in [0.5, 0.6) is 0 Å². The highest BCUT2D eigenvalue weighted by atomic mass is 15.2. The standard InChI is InChI=1S/C16H22N4/c1-19-11-15(10-18-19)9-17-16-7-8-20(13-16)12-14-5-3-2-4-6-14/h2-6,10-11,16-17H,7-9,12-13H2,1H3. The molecule has 4 nitrogen and oxygen atoms in total. The number of hydrogen-bond acceptors (Lipinski definition) is 3. The molecule has 0 bridgehead atoms. The Balaban J connectivity index is 1.45. The molecule has 20 heavy (non-hydrogen) atoms. The van der Waals surface area contributed by atoms with E-state index in [9.17, 15) is 0 Å².